The van der Waals surface area contributed by atoms with Crippen LogP contribution in [0.25, 0.3) is 0 Å². The van der Waals surface area contributed by atoms with Crippen molar-refractivity contribution in [2.24, 2.45) is 29.1 Å². The van der Waals surface area contributed by atoms with E-state index in [1.807, 2.05) is 0 Å². The molecule has 0 spiro atoms. The summed E-state index contributed by atoms with van der Waals surface area (Å²) in [4.78, 5) is 0. The highest BCUT2D eigenvalue weighted by atomic mass is 14.4. The zero-order valence-corrected chi connectivity index (χ0v) is 12.2. The van der Waals surface area contributed by atoms with Gasteiger partial charge in [0.05, 0.1) is 0 Å². The molecule has 0 aliphatic carbocycles. The van der Waals surface area contributed by atoms with Crippen molar-refractivity contribution in [1.29, 1.82) is 0 Å². The zero-order chi connectivity index (χ0) is 12.2. The lowest BCUT2D eigenvalue weighted by molar-refractivity contribution is 0.0554. The Balaban J connectivity index is 4.76. The molecule has 3 atom stereocenters. The van der Waals surface area contributed by atoms with Gasteiger partial charge in [0.15, 0.2) is 0 Å². The van der Waals surface area contributed by atoms with Crippen LogP contribution in [0.15, 0.2) is 0 Å². The summed E-state index contributed by atoms with van der Waals surface area (Å²) in [5.74, 6) is 3.23. The maximum atomic E-state index is 2.49. The molecule has 0 saturated heterocycles. The average Bonchev–Trinajstić information content (AvgIpc) is 2.15. The highest BCUT2D eigenvalue weighted by molar-refractivity contribution is 4.86. The quantitative estimate of drug-likeness (QED) is 0.554. The minimum atomic E-state index is 0.512. The van der Waals surface area contributed by atoms with Gasteiger partial charge in [0.2, 0.25) is 0 Å². The fraction of sp³-hybridized carbons (Fsp3) is 1.00. The first-order valence-corrected chi connectivity index (χ1v) is 6.77. The smallest absolute Gasteiger partial charge is 0.0275 e. The molecule has 0 nitrogen and oxygen atoms in total. The monoisotopic (exact) mass is 212 g/mol. The molecule has 0 N–H and O–H groups in total. The van der Waals surface area contributed by atoms with E-state index >= 15 is 0 Å². The van der Waals surface area contributed by atoms with E-state index in [1.165, 1.54) is 12.8 Å². The van der Waals surface area contributed by atoms with Crippen molar-refractivity contribution in [3.63, 3.8) is 0 Å². The fourth-order valence-electron chi connectivity index (χ4n) is 2.76. The van der Waals surface area contributed by atoms with Crippen molar-refractivity contribution >= 4 is 0 Å². The standard InChI is InChI=1S/C15H32/c1-9-10-15(8,12(4)5)14(7)13(6)11(2)3/h11-14H,9-10H2,1-8H3. The van der Waals surface area contributed by atoms with Crippen LogP contribution < -0.4 is 0 Å². The van der Waals surface area contributed by atoms with E-state index in [0.29, 0.717) is 5.41 Å². The van der Waals surface area contributed by atoms with Crippen LogP contribution in [0.3, 0.4) is 0 Å². The summed E-state index contributed by atoms with van der Waals surface area (Å²) in [6, 6.07) is 0. The Morgan fingerprint density at radius 2 is 1.40 bits per heavy atom. The molecule has 3 unspecified atom stereocenters. The molecule has 92 valence electrons. The summed E-state index contributed by atoms with van der Waals surface area (Å²) >= 11 is 0. The highest BCUT2D eigenvalue weighted by Crippen LogP contribution is 2.44. The van der Waals surface area contributed by atoms with Gasteiger partial charge in [-0.2, -0.15) is 0 Å². The molecule has 0 heterocycles. The van der Waals surface area contributed by atoms with Crippen LogP contribution in [0.1, 0.15) is 68.2 Å². The number of hydrogen-bond donors (Lipinski definition) is 0. The molecule has 0 bridgehead atoms. The summed E-state index contributed by atoms with van der Waals surface area (Å²) in [6.45, 7) is 19.2. The fourth-order valence-corrected chi connectivity index (χ4v) is 2.76. The van der Waals surface area contributed by atoms with E-state index in [0.717, 1.165) is 23.7 Å². The SMILES string of the molecule is CCCC(C)(C(C)C)C(C)C(C)C(C)C. The summed E-state index contributed by atoms with van der Waals surface area (Å²) in [7, 11) is 0. The second-order valence-electron chi connectivity index (χ2n) is 6.30. The Labute approximate surface area is 97.8 Å². The van der Waals surface area contributed by atoms with E-state index in [9.17, 15) is 0 Å². The van der Waals surface area contributed by atoms with Gasteiger partial charge in [0, 0.05) is 0 Å². The van der Waals surface area contributed by atoms with Gasteiger partial charge >= 0.3 is 0 Å². The largest absolute Gasteiger partial charge is 0.0654 e. The van der Waals surface area contributed by atoms with Crippen molar-refractivity contribution < 1.29 is 0 Å². The molecular weight excluding hydrogens is 180 g/mol. The molecule has 0 saturated carbocycles. The molecule has 0 radical (unpaired) electrons. The van der Waals surface area contributed by atoms with E-state index in [1.54, 1.807) is 0 Å². The third-order valence-corrected chi connectivity index (χ3v) is 4.99. The molecule has 0 heteroatoms. The molecule has 0 rings (SSSR count). The van der Waals surface area contributed by atoms with Gasteiger partial charge in [-0.1, -0.05) is 61.8 Å². The molecule has 0 aliphatic heterocycles. The van der Waals surface area contributed by atoms with Gasteiger partial charge in [0.1, 0.15) is 0 Å². The normalized spacial score (nSPS) is 20.4. The Bertz CT molecular complexity index is 169. The Morgan fingerprint density at radius 1 is 0.933 bits per heavy atom. The third-order valence-electron chi connectivity index (χ3n) is 4.99. The van der Waals surface area contributed by atoms with Crippen LogP contribution in [0.4, 0.5) is 0 Å². The van der Waals surface area contributed by atoms with Crippen LogP contribution in [-0.2, 0) is 0 Å². The van der Waals surface area contributed by atoms with Crippen molar-refractivity contribution in [1.82, 2.24) is 0 Å². The van der Waals surface area contributed by atoms with Crippen LogP contribution in [-0.4, -0.2) is 0 Å². The number of hydrogen-bond acceptors (Lipinski definition) is 0. The average molecular weight is 212 g/mol. The van der Waals surface area contributed by atoms with E-state index < -0.39 is 0 Å². The predicted octanol–water partition coefficient (Wildman–Crippen LogP) is 5.38. The van der Waals surface area contributed by atoms with E-state index in [-0.39, 0.29) is 0 Å². The van der Waals surface area contributed by atoms with Gasteiger partial charge in [-0.3, -0.25) is 0 Å². The van der Waals surface area contributed by atoms with Crippen molar-refractivity contribution in [2.75, 3.05) is 0 Å². The lowest BCUT2D eigenvalue weighted by Gasteiger charge is -2.44. The summed E-state index contributed by atoms with van der Waals surface area (Å²) in [6.07, 6.45) is 2.67. The Kier molecular flexibility index (Phi) is 5.92. The molecule has 0 aromatic rings. The van der Waals surface area contributed by atoms with Gasteiger partial charge in [-0.05, 0) is 35.5 Å². The molecule has 0 amide bonds. The first-order valence-electron chi connectivity index (χ1n) is 6.77. The van der Waals surface area contributed by atoms with Gasteiger partial charge in [-0.15, -0.1) is 0 Å². The molecule has 15 heavy (non-hydrogen) atoms. The van der Waals surface area contributed by atoms with Gasteiger partial charge < -0.3 is 0 Å². The number of rotatable bonds is 6. The predicted molar refractivity (Wildman–Crippen MR) is 71.0 cm³/mol. The summed E-state index contributed by atoms with van der Waals surface area (Å²) in [5.41, 5.74) is 0.512. The van der Waals surface area contributed by atoms with Gasteiger partial charge in [-0.25, -0.2) is 0 Å². The van der Waals surface area contributed by atoms with Gasteiger partial charge in [0.25, 0.3) is 0 Å². The maximum Gasteiger partial charge on any atom is -0.0275 e. The molecular formula is C15H32. The molecule has 0 aromatic heterocycles. The summed E-state index contributed by atoms with van der Waals surface area (Å²) < 4.78 is 0. The first kappa shape index (κ1) is 15.0. The Hall–Kier alpha value is 0. The topological polar surface area (TPSA) is 0 Å². The molecule has 0 fully saturated rings. The van der Waals surface area contributed by atoms with Crippen LogP contribution in [0.2, 0.25) is 0 Å². The van der Waals surface area contributed by atoms with Crippen LogP contribution in [0, 0.1) is 29.1 Å². The zero-order valence-electron chi connectivity index (χ0n) is 12.2. The third kappa shape index (κ3) is 3.50. The Morgan fingerprint density at radius 3 is 1.67 bits per heavy atom. The van der Waals surface area contributed by atoms with E-state index in [2.05, 4.69) is 55.4 Å². The molecule has 0 aliphatic rings. The maximum absolute atomic E-state index is 2.49. The van der Waals surface area contributed by atoms with Crippen LogP contribution in [0.5, 0.6) is 0 Å². The first-order chi connectivity index (χ1) is 6.77. The second kappa shape index (κ2) is 5.92. The van der Waals surface area contributed by atoms with Crippen molar-refractivity contribution in [3.05, 3.63) is 0 Å². The minimum absolute atomic E-state index is 0.512. The minimum Gasteiger partial charge on any atom is -0.0654 e. The van der Waals surface area contributed by atoms with Crippen molar-refractivity contribution in [2.45, 2.75) is 68.2 Å². The van der Waals surface area contributed by atoms with E-state index in [4.69, 9.17) is 0 Å². The molecule has 0 aromatic carbocycles. The lowest BCUT2D eigenvalue weighted by atomic mass is 9.62. The lowest BCUT2D eigenvalue weighted by Crippen LogP contribution is -2.36. The van der Waals surface area contributed by atoms with Crippen LogP contribution >= 0.6 is 0 Å². The van der Waals surface area contributed by atoms with Crippen molar-refractivity contribution in [3.8, 4) is 0 Å². The highest BCUT2D eigenvalue weighted by Gasteiger charge is 2.36. The second-order valence-corrected chi connectivity index (χ2v) is 6.30. The summed E-state index contributed by atoms with van der Waals surface area (Å²) in [5, 5.41) is 0.